The number of amides is 1. The molecule has 5 heteroatoms. The zero-order chi connectivity index (χ0) is 17.4. The molecule has 2 aromatic carbocycles. The van der Waals surface area contributed by atoms with Crippen LogP contribution in [0.4, 0.5) is 4.39 Å². The quantitative estimate of drug-likeness (QED) is 0.771. The molecule has 1 aliphatic heterocycles. The van der Waals surface area contributed by atoms with Crippen molar-refractivity contribution in [3.63, 3.8) is 0 Å². The normalized spacial score (nSPS) is 16.9. The van der Waals surface area contributed by atoms with Gasteiger partial charge in [-0.2, -0.15) is 0 Å². The van der Waals surface area contributed by atoms with Crippen LogP contribution >= 0.6 is 0 Å². The zero-order valence-electron chi connectivity index (χ0n) is 13.7. The molecule has 1 atom stereocenters. The Kier molecular flexibility index (Phi) is 4.01. The van der Waals surface area contributed by atoms with Crippen LogP contribution in [0.2, 0.25) is 0 Å². The number of nitrogens with zero attached hydrogens (tertiary/aromatic N) is 1. The van der Waals surface area contributed by atoms with Crippen molar-refractivity contribution in [3.05, 3.63) is 71.2 Å². The number of hydrogen-bond acceptors (Lipinski definition) is 2. The highest BCUT2D eigenvalue weighted by molar-refractivity contribution is 5.86. The first-order chi connectivity index (χ1) is 12.2. The van der Waals surface area contributed by atoms with Crippen molar-refractivity contribution < 1.29 is 14.3 Å². The summed E-state index contributed by atoms with van der Waals surface area (Å²) < 4.78 is 13.0. The van der Waals surface area contributed by atoms with Crippen molar-refractivity contribution in [3.8, 4) is 0 Å². The van der Waals surface area contributed by atoms with Crippen molar-refractivity contribution >= 4 is 16.8 Å². The Morgan fingerprint density at radius 3 is 2.72 bits per heavy atom. The smallest absolute Gasteiger partial charge is 0.227 e. The summed E-state index contributed by atoms with van der Waals surface area (Å²) in [6.07, 6.45) is 0.831. The molecule has 0 saturated carbocycles. The van der Waals surface area contributed by atoms with E-state index in [-0.39, 0.29) is 30.8 Å². The maximum Gasteiger partial charge on any atom is 0.227 e. The molecule has 4 rings (SSSR count). The second kappa shape index (κ2) is 6.33. The molecule has 25 heavy (non-hydrogen) atoms. The highest BCUT2D eigenvalue weighted by Crippen LogP contribution is 2.30. The zero-order valence-corrected chi connectivity index (χ0v) is 13.7. The fraction of sp³-hybridized carbons (Fsp3) is 0.250. The number of carbonyl (C=O) groups excluding carboxylic acids is 1. The average molecular weight is 338 g/mol. The molecule has 3 aromatic rings. The minimum absolute atomic E-state index is 0.0602. The number of para-hydroxylation sites is 1. The van der Waals surface area contributed by atoms with Crippen molar-refractivity contribution in [2.45, 2.75) is 25.4 Å². The summed E-state index contributed by atoms with van der Waals surface area (Å²) in [5, 5.41) is 10.9. The first-order valence-electron chi connectivity index (χ1n) is 8.39. The molecule has 2 heterocycles. The van der Waals surface area contributed by atoms with Crippen molar-refractivity contribution in [1.29, 1.82) is 0 Å². The van der Waals surface area contributed by atoms with Gasteiger partial charge in [0.15, 0.2) is 0 Å². The van der Waals surface area contributed by atoms with E-state index in [2.05, 4.69) is 11.1 Å². The number of benzene rings is 2. The van der Waals surface area contributed by atoms with Crippen molar-refractivity contribution in [2.24, 2.45) is 0 Å². The topological polar surface area (TPSA) is 56.3 Å². The van der Waals surface area contributed by atoms with E-state index in [4.69, 9.17) is 0 Å². The lowest BCUT2D eigenvalue weighted by Gasteiger charge is -2.35. The van der Waals surface area contributed by atoms with Gasteiger partial charge in [0.2, 0.25) is 5.91 Å². The highest BCUT2D eigenvalue weighted by Gasteiger charge is 2.31. The minimum atomic E-state index is -0.315. The number of H-pyrrole nitrogens is 1. The van der Waals surface area contributed by atoms with Gasteiger partial charge in [-0.05, 0) is 35.7 Å². The number of carbonyl (C=O) groups is 1. The summed E-state index contributed by atoms with van der Waals surface area (Å²) in [7, 11) is 0. The van der Waals surface area contributed by atoms with E-state index in [0.717, 1.165) is 22.2 Å². The average Bonchev–Trinajstić information content (AvgIpc) is 3.00. The van der Waals surface area contributed by atoms with Gasteiger partial charge in [-0.25, -0.2) is 4.39 Å². The van der Waals surface area contributed by atoms with E-state index >= 15 is 0 Å². The molecule has 1 unspecified atom stereocenters. The Balaban J connectivity index is 1.61. The van der Waals surface area contributed by atoms with Gasteiger partial charge in [0.1, 0.15) is 5.82 Å². The summed E-state index contributed by atoms with van der Waals surface area (Å²) in [5.41, 5.74) is 4.03. The first kappa shape index (κ1) is 15.8. The van der Waals surface area contributed by atoms with Crippen molar-refractivity contribution in [1.82, 2.24) is 9.88 Å². The van der Waals surface area contributed by atoms with E-state index < -0.39 is 0 Å². The van der Waals surface area contributed by atoms with E-state index in [1.54, 1.807) is 17.0 Å². The fourth-order valence-corrected chi connectivity index (χ4v) is 3.60. The van der Waals surface area contributed by atoms with Gasteiger partial charge in [0.25, 0.3) is 0 Å². The van der Waals surface area contributed by atoms with E-state index in [9.17, 15) is 14.3 Å². The van der Waals surface area contributed by atoms with Crippen LogP contribution in [0.15, 0.2) is 48.5 Å². The molecule has 4 nitrogen and oxygen atoms in total. The predicted molar refractivity (Wildman–Crippen MR) is 93.5 cm³/mol. The molecule has 0 fully saturated rings. The van der Waals surface area contributed by atoms with Crippen molar-refractivity contribution in [2.75, 3.05) is 6.61 Å². The number of aromatic nitrogens is 1. The first-order valence-corrected chi connectivity index (χ1v) is 8.39. The predicted octanol–water partition coefficient (Wildman–Crippen LogP) is 2.80. The Labute approximate surface area is 144 Å². The molecule has 128 valence electrons. The van der Waals surface area contributed by atoms with Crippen LogP contribution in [0, 0.1) is 5.82 Å². The molecule has 0 saturated heterocycles. The van der Waals surface area contributed by atoms with E-state index in [1.165, 1.54) is 17.7 Å². The van der Waals surface area contributed by atoms with Gasteiger partial charge < -0.3 is 15.0 Å². The highest BCUT2D eigenvalue weighted by atomic mass is 19.1. The number of aliphatic hydroxyl groups excluding tert-OH is 1. The number of aromatic amines is 1. The molecule has 0 bridgehead atoms. The molecular formula is C20H19FN2O2. The summed E-state index contributed by atoms with van der Waals surface area (Å²) >= 11 is 0. The lowest BCUT2D eigenvalue weighted by atomic mass is 9.96. The largest absolute Gasteiger partial charge is 0.394 e. The Hall–Kier alpha value is -2.66. The van der Waals surface area contributed by atoms with E-state index in [0.29, 0.717) is 13.0 Å². The number of halogens is 1. The second-order valence-electron chi connectivity index (χ2n) is 6.49. The van der Waals surface area contributed by atoms with Crippen LogP contribution in [0.5, 0.6) is 0 Å². The van der Waals surface area contributed by atoms with Gasteiger partial charge >= 0.3 is 0 Å². The number of aliphatic hydroxyl groups is 1. The van der Waals surface area contributed by atoms with Gasteiger partial charge in [0.05, 0.1) is 25.6 Å². The van der Waals surface area contributed by atoms with Crippen LogP contribution in [-0.4, -0.2) is 33.5 Å². The summed E-state index contributed by atoms with van der Waals surface area (Å²) in [5.74, 6) is -0.375. The number of hydrogen-bond donors (Lipinski definition) is 2. The molecule has 1 aliphatic rings. The van der Waals surface area contributed by atoms with Crippen LogP contribution in [0.1, 0.15) is 16.8 Å². The third-order valence-corrected chi connectivity index (χ3v) is 4.91. The molecule has 1 amide bonds. The molecular weight excluding hydrogens is 319 g/mol. The number of fused-ring (bicyclic) bond motifs is 3. The molecule has 1 aromatic heterocycles. The molecule has 0 radical (unpaired) electrons. The number of nitrogens with one attached hydrogen (secondary N) is 1. The monoisotopic (exact) mass is 338 g/mol. The minimum Gasteiger partial charge on any atom is -0.394 e. The summed E-state index contributed by atoms with van der Waals surface area (Å²) in [6.45, 7) is 0.378. The second-order valence-corrected chi connectivity index (χ2v) is 6.49. The van der Waals surface area contributed by atoms with Crippen LogP contribution < -0.4 is 0 Å². The lowest BCUT2D eigenvalue weighted by Crippen LogP contribution is -2.46. The van der Waals surface area contributed by atoms with Crippen LogP contribution in [0.25, 0.3) is 10.9 Å². The Morgan fingerprint density at radius 1 is 1.20 bits per heavy atom. The lowest BCUT2D eigenvalue weighted by molar-refractivity contribution is -0.135. The molecule has 0 aliphatic carbocycles. The van der Waals surface area contributed by atoms with E-state index in [1.807, 2.05) is 18.2 Å². The summed E-state index contributed by atoms with van der Waals surface area (Å²) in [4.78, 5) is 17.9. The maximum absolute atomic E-state index is 13.0. The fourth-order valence-electron chi connectivity index (χ4n) is 3.60. The standard InChI is InChI=1S/C20H19FN2O2/c21-14-7-5-13(6-8-14)9-20(25)23-11-19-17(10-15(23)12-24)16-3-1-2-4-18(16)22-19/h1-8,15,22,24H,9-12H2. The number of rotatable bonds is 3. The molecule has 2 N–H and O–H groups in total. The third kappa shape index (κ3) is 2.91. The Morgan fingerprint density at radius 2 is 1.96 bits per heavy atom. The summed E-state index contributed by atoms with van der Waals surface area (Å²) in [6, 6.07) is 13.8. The maximum atomic E-state index is 13.0. The van der Waals surface area contributed by atoms with Gasteiger partial charge in [-0.3, -0.25) is 4.79 Å². The SMILES string of the molecule is O=C(Cc1ccc(F)cc1)N1Cc2[nH]c3ccccc3c2CC1CO. The van der Waals surface area contributed by atoms with Gasteiger partial charge in [0, 0.05) is 16.6 Å². The van der Waals surface area contributed by atoms with Crippen LogP contribution in [0.3, 0.4) is 0 Å². The van der Waals surface area contributed by atoms with Gasteiger partial charge in [-0.1, -0.05) is 30.3 Å². The third-order valence-electron chi connectivity index (χ3n) is 4.91. The molecule has 0 spiro atoms. The van der Waals surface area contributed by atoms with Gasteiger partial charge in [-0.15, -0.1) is 0 Å². The van der Waals surface area contributed by atoms with Crippen LogP contribution in [-0.2, 0) is 24.2 Å². The Bertz CT molecular complexity index is 917.